The van der Waals surface area contributed by atoms with Crippen molar-refractivity contribution in [3.8, 4) is 0 Å². The number of anilines is 1. The van der Waals surface area contributed by atoms with Gasteiger partial charge in [-0.15, -0.1) is 0 Å². The fourth-order valence-electron chi connectivity index (χ4n) is 2.44. The molecule has 2 rings (SSSR count). The van der Waals surface area contributed by atoms with Gasteiger partial charge in [-0.05, 0) is 37.8 Å². The molecule has 0 bridgehead atoms. The van der Waals surface area contributed by atoms with Crippen LogP contribution in [-0.2, 0) is 9.53 Å². The van der Waals surface area contributed by atoms with Crippen molar-refractivity contribution in [1.29, 1.82) is 0 Å². The van der Waals surface area contributed by atoms with Gasteiger partial charge in [-0.2, -0.15) is 4.98 Å². The average molecular weight is 302 g/mol. The third-order valence-corrected chi connectivity index (χ3v) is 3.53. The first-order valence-electron chi connectivity index (χ1n) is 6.71. The van der Waals surface area contributed by atoms with Gasteiger partial charge in [0.05, 0.1) is 18.7 Å². The SMILES string of the molecule is CCOC(=O)[C@@H]1CCCC(Nc2nc(Cl)ncc2F)C1. The second-order valence-electron chi connectivity index (χ2n) is 4.79. The molecule has 1 fully saturated rings. The van der Waals surface area contributed by atoms with Gasteiger partial charge in [0.15, 0.2) is 11.6 Å². The normalized spacial score (nSPS) is 22.4. The van der Waals surface area contributed by atoms with Crippen LogP contribution in [0.3, 0.4) is 0 Å². The molecule has 0 saturated heterocycles. The molecule has 1 saturated carbocycles. The van der Waals surface area contributed by atoms with E-state index in [2.05, 4.69) is 15.3 Å². The summed E-state index contributed by atoms with van der Waals surface area (Å²) in [5, 5.41) is 2.99. The first kappa shape index (κ1) is 15.0. The maximum absolute atomic E-state index is 13.6. The molecule has 20 heavy (non-hydrogen) atoms. The molecule has 0 amide bonds. The fourth-order valence-corrected chi connectivity index (χ4v) is 2.57. The Balaban J connectivity index is 1.99. The Hall–Kier alpha value is -1.43. The van der Waals surface area contributed by atoms with Gasteiger partial charge in [0.2, 0.25) is 5.28 Å². The Labute approximate surface area is 121 Å². The summed E-state index contributed by atoms with van der Waals surface area (Å²) in [6, 6.07) is -0.0152. The van der Waals surface area contributed by atoms with Crippen molar-refractivity contribution in [1.82, 2.24) is 9.97 Å². The molecule has 0 aliphatic heterocycles. The molecule has 1 aromatic heterocycles. The van der Waals surface area contributed by atoms with Crippen LogP contribution in [-0.4, -0.2) is 28.6 Å². The maximum Gasteiger partial charge on any atom is 0.308 e. The van der Waals surface area contributed by atoms with Crippen molar-refractivity contribution in [2.75, 3.05) is 11.9 Å². The lowest BCUT2D eigenvalue weighted by atomic mass is 9.86. The Bertz CT molecular complexity index is 487. The summed E-state index contributed by atoms with van der Waals surface area (Å²) in [4.78, 5) is 19.1. The quantitative estimate of drug-likeness (QED) is 0.684. The summed E-state index contributed by atoms with van der Waals surface area (Å²) in [6.07, 6.45) is 4.20. The first-order chi connectivity index (χ1) is 9.60. The van der Waals surface area contributed by atoms with Crippen molar-refractivity contribution in [2.45, 2.75) is 38.6 Å². The number of halogens is 2. The van der Waals surface area contributed by atoms with Gasteiger partial charge in [0, 0.05) is 6.04 Å². The highest BCUT2D eigenvalue weighted by Crippen LogP contribution is 2.28. The first-order valence-corrected chi connectivity index (χ1v) is 7.09. The van der Waals surface area contributed by atoms with Crippen LogP contribution in [0.2, 0.25) is 5.28 Å². The lowest BCUT2D eigenvalue weighted by Gasteiger charge is -2.28. The number of nitrogens with one attached hydrogen (secondary N) is 1. The molecule has 2 atom stereocenters. The minimum absolute atomic E-state index is 0.00773. The number of rotatable bonds is 4. The van der Waals surface area contributed by atoms with Crippen LogP contribution >= 0.6 is 11.6 Å². The van der Waals surface area contributed by atoms with E-state index in [-0.39, 0.29) is 29.0 Å². The van der Waals surface area contributed by atoms with Crippen molar-refractivity contribution < 1.29 is 13.9 Å². The Morgan fingerprint density at radius 3 is 3.15 bits per heavy atom. The van der Waals surface area contributed by atoms with Gasteiger partial charge >= 0.3 is 5.97 Å². The molecule has 1 heterocycles. The molecular weight excluding hydrogens is 285 g/mol. The third kappa shape index (κ3) is 3.79. The smallest absolute Gasteiger partial charge is 0.308 e. The van der Waals surface area contributed by atoms with Crippen LogP contribution in [0.5, 0.6) is 0 Å². The zero-order valence-corrected chi connectivity index (χ0v) is 12.0. The van der Waals surface area contributed by atoms with E-state index in [1.54, 1.807) is 6.92 Å². The third-order valence-electron chi connectivity index (χ3n) is 3.35. The molecule has 7 heteroatoms. The van der Waals surface area contributed by atoms with Crippen LogP contribution < -0.4 is 5.32 Å². The highest BCUT2D eigenvalue weighted by atomic mass is 35.5. The number of carbonyl (C=O) groups excluding carboxylic acids is 1. The van der Waals surface area contributed by atoms with Crippen LogP contribution in [0.4, 0.5) is 10.2 Å². The molecule has 110 valence electrons. The van der Waals surface area contributed by atoms with E-state index in [4.69, 9.17) is 16.3 Å². The number of aromatic nitrogens is 2. The molecule has 1 aliphatic carbocycles. The highest BCUT2D eigenvalue weighted by molar-refractivity contribution is 6.28. The Kier molecular flexibility index (Phi) is 5.11. The summed E-state index contributed by atoms with van der Waals surface area (Å²) in [7, 11) is 0. The van der Waals surface area contributed by atoms with Crippen LogP contribution in [0.15, 0.2) is 6.20 Å². The van der Waals surface area contributed by atoms with Gasteiger partial charge in [-0.1, -0.05) is 6.42 Å². The monoisotopic (exact) mass is 301 g/mol. The van der Waals surface area contributed by atoms with E-state index in [0.29, 0.717) is 13.0 Å². The molecule has 0 aromatic carbocycles. The van der Waals surface area contributed by atoms with Crippen molar-refractivity contribution >= 4 is 23.4 Å². The second kappa shape index (κ2) is 6.83. The van der Waals surface area contributed by atoms with Gasteiger partial charge in [0.25, 0.3) is 0 Å². The minimum atomic E-state index is -0.548. The van der Waals surface area contributed by atoms with Gasteiger partial charge in [0.1, 0.15) is 0 Å². The maximum atomic E-state index is 13.6. The Morgan fingerprint density at radius 2 is 2.40 bits per heavy atom. The summed E-state index contributed by atoms with van der Waals surface area (Å²) >= 11 is 5.65. The van der Waals surface area contributed by atoms with Crippen molar-refractivity contribution in [3.05, 3.63) is 17.3 Å². The standard InChI is InChI=1S/C13H17ClFN3O2/c1-2-20-12(19)8-4-3-5-9(6-8)17-11-10(15)7-16-13(14)18-11/h7-9H,2-6H2,1H3,(H,16,17,18)/t8-,9?/m1/s1. The summed E-state index contributed by atoms with van der Waals surface area (Å²) in [5.41, 5.74) is 0. The lowest BCUT2D eigenvalue weighted by molar-refractivity contribution is -0.149. The molecule has 1 N–H and O–H groups in total. The van der Waals surface area contributed by atoms with Crippen LogP contribution in [0.1, 0.15) is 32.6 Å². The van der Waals surface area contributed by atoms with Gasteiger partial charge in [-0.25, -0.2) is 9.37 Å². The predicted molar refractivity (Wildman–Crippen MR) is 73.0 cm³/mol. The topological polar surface area (TPSA) is 64.1 Å². The van der Waals surface area contributed by atoms with E-state index in [0.717, 1.165) is 25.5 Å². The van der Waals surface area contributed by atoms with E-state index >= 15 is 0 Å². The molecule has 5 nitrogen and oxygen atoms in total. The van der Waals surface area contributed by atoms with Crippen molar-refractivity contribution in [3.63, 3.8) is 0 Å². The van der Waals surface area contributed by atoms with Gasteiger partial charge in [-0.3, -0.25) is 4.79 Å². The summed E-state index contributed by atoms with van der Waals surface area (Å²) in [5.74, 6) is -0.783. The lowest BCUT2D eigenvalue weighted by Crippen LogP contribution is -2.32. The number of hydrogen-bond donors (Lipinski definition) is 1. The summed E-state index contributed by atoms with van der Waals surface area (Å²) in [6.45, 7) is 2.16. The fraction of sp³-hybridized carbons (Fsp3) is 0.615. The zero-order chi connectivity index (χ0) is 14.5. The molecular formula is C13H17ClFN3O2. The van der Waals surface area contributed by atoms with Gasteiger partial charge < -0.3 is 10.1 Å². The van der Waals surface area contributed by atoms with Crippen LogP contribution in [0, 0.1) is 11.7 Å². The van der Waals surface area contributed by atoms with E-state index < -0.39 is 5.82 Å². The molecule has 1 aromatic rings. The zero-order valence-electron chi connectivity index (χ0n) is 11.2. The molecule has 1 aliphatic rings. The molecule has 0 radical (unpaired) electrons. The van der Waals surface area contributed by atoms with E-state index in [1.807, 2.05) is 0 Å². The predicted octanol–water partition coefficient (Wildman–Crippen LogP) is 2.80. The number of esters is 1. The number of ether oxygens (including phenoxy) is 1. The molecule has 1 unspecified atom stereocenters. The second-order valence-corrected chi connectivity index (χ2v) is 5.13. The van der Waals surface area contributed by atoms with E-state index in [9.17, 15) is 9.18 Å². The number of carbonyl (C=O) groups is 1. The minimum Gasteiger partial charge on any atom is -0.466 e. The summed E-state index contributed by atoms with van der Waals surface area (Å²) < 4.78 is 18.6. The number of hydrogen-bond acceptors (Lipinski definition) is 5. The average Bonchev–Trinajstić information content (AvgIpc) is 2.43. The number of nitrogens with zero attached hydrogens (tertiary/aromatic N) is 2. The Morgan fingerprint density at radius 1 is 1.60 bits per heavy atom. The van der Waals surface area contributed by atoms with Crippen molar-refractivity contribution in [2.24, 2.45) is 5.92 Å². The largest absolute Gasteiger partial charge is 0.466 e. The highest BCUT2D eigenvalue weighted by Gasteiger charge is 2.28. The molecule has 0 spiro atoms. The van der Waals surface area contributed by atoms with E-state index in [1.165, 1.54) is 0 Å². The van der Waals surface area contributed by atoms with Crippen LogP contribution in [0.25, 0.3) is 0 Å².